The molecule has 4 nitrogen and oxygen atoms in total. The van der Waals surface area contributed by atoms with Crippen molar-refractivity contribution in [3.63, 3.8) is 0 Å². The van der Waals surface area contributed by atoms with Crippen molar-refractivity contribution >= 4 is 5.96 Å². The van der Waals surface area contributed by atoms with Crippen LogP contribution in [0.1, 0.15) is 50.5 Å². The van der Waals surface area contributed by atoms with Crippen LogP contribution in [0.5, 0.6) is 5.75 Å². The molecule has 2 fully saturated rings. The van der Waals surface area contributed by atoms with Crippen LogP contribution < -0.4 is 15.8 Å². The summed E-state index contributed by atoms with van der Waals surface area (Å²) in [4.78, 5) is 4.68. The van der Waals surface area contributed by atoms with Gasteiger partial charge >= 0.3 is 0 Å². The van der Waals surface area contributed by atoms with Crippen LogP contribution in [0.2, 0.25) is 0 Å². The smallest absolute Gasteiger partial charge is 0.188 e. The van der Waals surface area contributed by atoms with E-state index in [0.717, 1.165) is 24.8 Å². The molecule has 2 aliphatic carbocycles. The number of aliphatic imine (C=N–C) groups is 1. The number of methoxy groups -OCH3 is 1. The van der Waals surface area contributed by atoms with Crippen LogP contribution in [0.3, 0.4) is 0 Å². The van der Waals surface area contributed by atoms with Gasteiger partial charge in [0.15, 0.2) is 5.96 Å². The Balaban J connectivity index is 1.67. The Morgan fingerprint density at radius 3 is 2.74 bits per heavy atom. The third kappa shape index (κ3) is 3.80. The summed E-state index contributed by atoms with van der Waals surface area (Å²) < 4.78 is 5.40. The minimum absolute atomic E-state index is 0.122. The Kier molecular flexibility index (Phi) is 5.09. The van der Waals surface area contributed by atoms with Crippen LogP contribution in [0, 0.1) is 5.92 Å². The number of hydrogen-bond acceptors (Lipinski definition) is 2. The van der Waals surface area contributed by atoms with Gasteiger partial charge in [0.1, 0.15) is 5.75 Å². The van der Waals surface area contributed by atoms with Gasteiger partial charge in [0.2, 0.25) is 0 Å². The first-order valence-corrected chi connectivity index (χ1v) is 8.90. The van der Waals surface area contributed by atoms with Crippen LogP contribution in [0.15, 0.2) is 29.3 Å². The zero-order chi connectivity index (χ0) is 16.1. The monoisotopic (exact) mass is 315 g/mol. The summed E-state index contributed by atoms with van der Waals surface area (Å²) in [5.41, 5.74) is 7.55. The van der Waals surface area contributed by atoms with Crippen LogP contribution in [0.25, 0.3) is 0 Å². The predicted molar refractivity (Wildman–Crippen MR) is 95.0 cm³/mol. The lowest BCUT2D eigenvalue weighted by molar-refractivity contribution is 0.315. The molecule has 0 bridgehead atoms. The second-order valence-corrected chi connectivity index (χ2v) is 7.10. The Bertz CT molecular complexity index is 545. The van der Waals surface area contributed by atoms with E-state index in [9.17, 15) is 0 Å². The molecule has 0 atom stereocenters. The molecule has 0 heterocycles. The second-order valence-electron chi connectivity index (χ2n) is 7.10. The molecule has 0 saturated heterocycles. The highest BCUT2D eigenvalue weighted by molar-refractivity contribution is 5.77. The average molecular weight is 315 g/mol. The van der Waals surface area contributed by atoms with E-state index < -0.39 is 0 Å². The van der Waals surface area contributed by atoms with Gasteiger partial charge in [0.25, 0.3) is 0 Å². The van der Waals surface area contributed by atoms with E-state index in [-0.39, 0.29) is 5.41 Å². The van der Waals surface area contributed by atoms with Gasteiger partial charge in [0, 0.05) is 12.0 Å². The summed E-state index contributed by atoms with van der Waals surface area (Å²) in [5, 5.41) is 3.30. The average Bonchev–Trinajstić information content (AvgIpc) is 3.02. The minimum Gasteiger partial charge on any atom is -0.497 e. The third-order valence-electron chi connectivity index (χ3n) is 5.59. The lowest BCUT2D eigenvalue weighted by Crippen LogP contribution is -2.38. The maximum atomic E-state index is 6.09. The number of ether oxygens (including phenoxy) is 1. The summed E-state index contributed by atoms with van der Waals surface area (Å²) in [7, 11) is 1.72. The van der Waals surface area contributed by atoms with Crippen LogP contribution in [0.4, 0.5) is 0 Å². The van der Waals surface area contributed by atoms with E-state index in [1.165, 1.54) is 50.5 Å². The molecule has 3 N–H and O–H groups in total. The first-order chi connectivity index (χ1) is 11.2. The highest BCUT2D eigenvalue weighted by Gasteiger charge is 2.35. The second kappa shape index (κ2) is 7.24. The Labute approximate surface area is 139 Å². The van der Waals surface area contributed by atoms with Gasteiger partial charge in [-0.2, -0.15) is 0 Å². The van der Waals surface area contributed by atoms with Crippen molar-refractivity contribution in [1.29, 1.82) is 0 Å². The Morgan fingerprint density at radius 1 is 1.30 bits per heavy atom. The first-order valence-electron chi connectivity index (χ1n) is 8.90. The molecule has 2 aliphatic rings. The number of hydrogen-bond donors (Lipinski definition) is 2. The predicted octanol–water partition coefficient (Wildman–Crippen LogP) is 3.21. The van der Waals surface area contributed by atoms with Gasteiger partial charge in [-0.3, -0.25) is 4.99 Å². The van der Waals surface area contributed by atoms with Gasteiger partial charge in [-0.05, 0) is 49.3 Å². The summed E-state index contributed by atoms with van der Waals surface area (Å²) in [6.07, 6.45) is 8.91. The number of benzene rings is 1. The van der Waals surface area contributed by atoms with E-state index >= 15 is 0 Å². The summed E-state index contributed by atoms with van der Waals surface area (Å²) >= 11 is 0. The third-order valence-corrected chi connectivity index (χ3v) is 5.59. The normalized spacial score (nSPS) is 21.0. The molecule has 0 radical (unpaired) electrons. The summed E-state index contributed by atoms with van der Waals surface area (Å²) in [5.74, 6) is 2.32. The Hall–Kier alpha value is -1.71. The van der Waals surface area contributed by atoms with Crippen molar-refractivity contribution in [1.82, 2.24) is 5.32 Å². The number of nitrogens with zero attached hydrogens (tertiary/aromatic N) is 1. The fourth-order valence-electron chi connectivity index (χ4n) is 3.78. The SMILES string of the molecule is COc1cccc(C2(CN=C(N)NCC3CCC3)CCCC2)c1. The first kappa shape index (κ1) is 16.2. The lowest BCUT2D eigenvalue weighted by atomic mass is 9.79. The van der Waals surface area contributed by atoms with Gasteiger partial charge < -0.3 is 15.8 Å². The molecule has 3 rings (SSSR count). The molecule has 126 valence electrons. The molecule has 1 aromatic carbocycles. The molecule has 4 heteroatoms. The van der Waals surface area contributed by atoms with E-state index in [2.05, 4.69) is 28.5 Å². The number of guanidine groups is 1. The van der Waals surface area contributed by atoms with E-state index in [0.29, 0.717) is 5.96 Å². The molecule has 2 saturated carbocycles. The van der Waals surface area contributed by atoms with Gasteiger partial charge in [-0.1, -0.05) is 31.4 Å². The number of nitrogens with one attached hydrogen (secondary N) is 1. The molecule has 0 aromatic heterocycles. The molecule has 23 heavy (non-hydrogen) atoms. The molecular weight excluding hydrogens is 286 g/mol. The zero-order valence-electron chi connectivity index (χ0n) is 14.2. The Morgan fingerprint density at radius 2 is 2.09 bits per heavy atom. The minimum atomic E-state index is 0.122. The highest BCUT2D eigenvalue weighted by atomic mass is 16.5. The molecule has 1 aromatic rings. The lowest BCUT2D eigenvalue weighted by Gasteiger charge is -2.29. The molecule has 0 spiro atoms. The maximum Gasteiger partial charge on any atom is 0.188 e. The van der Waals surface area contributed by atoms with Crippen molar-refractivity contribution < 1.29 is 4.74 Å². The van der Waals surface area contributed by atoms with E-state index in [1.807, 2.05) is 6.07 Å². The summed E-state index contributed by atoms with van der Waals surface area (Å²) in [6.45, 7) is 1.74. The van der Waals surface area contributed by atoms with Crippen molar-refractivity contribution in [3.05, 3.63) is 29.8 Å². The molecule has 0 aliphatic heterocycles. The molecule has 0 amide bonds. The van der Waals surface area contributed by atoms with E-state index in [1.54, 1.807) is 7.11 Å². The number of rotatable bonds is 6. The van der Waals surface area contributed by atoms with Gasteiger partial charge in [-0.15, -0.1) is 0 Å². The topological polar surface area (TPSA) is 59.6 Å². The fourth-order valence-corrected chi connectivity index (χ4v) is 3.78. The fraction of sp³-hybridized carbons (Fsp3) is 0.632. The van der Waals surface area contributed by atoms with E-state index in [4.69, 9.17) is 10.5 Å². The quantitative estimate of drug-likeness (QED) is 0.626. The van der Waals surface area contributed by atoms with Crippen LogP contribution in [-0.2, 0) is 5.41 Å². The van der Waals surface area contributed by atoms with Gasteiger partial charge in [0.05, 0.1) is 13.7 Å². The molecule has 0 unspecified atom stereocenters. The van der Waals surface area contributed by atoms with Crippen LogP contribution in [-0.4, -0.2) is 26.2 Å². The van der Waals surface area contributed by atoms with Crippen molar-refractivity contribution in [2.24, 2.45) is 16.6 Å². The van der Waals surface area contributed by atoms with Gasteiger partial charge in [-0.25, -0.2) is 0 Å². The zero-order valence-corrected chi connectivity index (χ0v) is 14.2. The van der Waals surface area contributed by atoms with Crippen molar-refractivity contribution in [2.45, 2.75) is 50.4 Å². The van der Waals surface area contributed by atoms with Crippen molar-refractivity contribution in [3.8, 4) is 5.75 Å². The molecular formula is C19H29N3O. The standard InChI is InChI=1S/C19H29N3O/c1-23-17-9-5-8-16(12-17)19(10-2-3-11-19)14-22-18(20)21-13-15-6-4-7-15/h5,8-9,12,15H,2-4,6-7,10-11,13-14H2,1H3,(H3,20,21,22). The highest BCUT2D eigenvalue weighted by Crippen LogP contribution is 2.42. The van der Waals surface area contributed by atoms with Crippen molar-refractivity contribution in [2.75, 3.05) is 20.2 Å². The maximum absolute atomic E-state index is 6.09. The number of nitrogens with two attached hydrogens (primary N) is 1. The largest absolute Gasteiger partial charge is 0.497 e. The van der Waals surface area contributed by atoms with Crippen LogP contribution >= 0.6 is 0 Å². The summed E-state index contributed by atoms with van der Waals surface area (Å²) in [6, 6.07) is 8.46.